The van der Waals surface area contributed by atoms with Gasteiger partial charge in [0.15, 0.2) is 0 Å². The smallest absolute Gasteiger partial charge is 0.128 e. The number of benzene rings is 1. The van der Waals surface area contributed by atoms with E-state index in [1.54, 1.807) is 0 Å². The fourth-order valence-electron chi connectivity index (χ4n) is 2.55. The predicted molar refractivity (Wildman–Crippen MR) is 69.4 cm³/mol. The van der Waals surface area contributed by atoms with Crippen LogP contribution in [-0.2, 0) is 0 Å². The van der Waals surface area contributed by atoms with Gasteiger partial charge in [0.25, 0.3) is 0 Å². The molecular formula is C15H21F2N. The maximum Gasteiger partial charge on any atom is 0.128 e. The van der Waals surface area contributed by atoms with Crippen molar-refractivity contribution in [2.45, 2.75) is 45.6 Å². The van der Waals surface area contributed by atoms with E-state index in [0.29, 0.717) is 11.0 Å². The largest absolute Gasteiger partial charge is 0.310 e. The molecule has 0 heterocycles. The molecule has 100 valence electrons. The van der Waals surface area contributed by atoms with Crippen molar-refractivity contribution in [3.63, 3.8) is 0 Å². The van der Waals surface area contributed by atoms with Crippen molar-refractivity contribution in [1.29, 1.82) is 0 Å². The third kappa shape index (κ3) is 3.08. The number of hydrogen-bond acceptors (Lipinski definition) is 1. The van der Waals surface area contributed by atoms with Gasteiger partial charge < -0.3 is 5.32 Å². The molecule has 1 N–H and O–H groups in total. The van der Waals surface area contributed by atoms with Crippen LogP contribution >= 0.6 is 0 Å². The normalized spacial score (nSPS) is 18.7. The Labute approximate surface area is 108 Å². The molecule has 18 heavy (non-hydrogen) atoms. The molecule has 0 aliphatic heterocycles. The maximum absolute atomic E-state index is 13.6. The Bertz CT molecular complexity index is 413. The van der Waals surface area contributed by atoms with Crippen molar-refractivity contribution < 1.29 is 8.78 Å². The summed E-state index contributed by atoms with van der Waals surface area (Å²) >= 11 is 0. The van der Waals surface area contributed by atoms with Gasteiger partial charge in [0.05, 0.1) is 0 Å². The fourth-order valence-corrected chi connectivity index (χ4v) is 2.55. The first-order valence-electron chi connectivity index (χ1n) is 6.75. The molecule has 1 aliphatic carbocycles. The first kappa shape index (κ1) is 13.5. The van der Waals surface area contributed by atoms with Crippen molar-refractivity contribution in [3.05, 3.63) is 35.4 Å². The Balaban J connectivity index is 1.95. The third-order valence-electron chi connectivity index (χ3n) is 3.95. The molecule has 1 fully saturated rings. The molecular weight excluding hydrogens is 232 g/mol. The zero-order chi connectivity index (χ0) is 13.2. The van der Waals surface area contributed by atoms with Crippen LogP contribution in [0, 0.1) is 17.0 Å². The second-order valence-electron chi connectivity index (χ2n) is 5.52. The lowest BCUT2D eigenvalue weighted by atomic mass is 9.99. The summed E-state index contributed by atoms with van der Waals surface area (Å²) in [5.41, 5.74) is 0.842. The monoisotopic (exact) mass is 253 g/mol. The number of hydrogen-bond donors (Lipinski definition) is 1. The van der Waals surface area contributed by atoms with Crippen LogP contribution in [0.25, 0.3) is 0 Å². The van der Waals surface area contributed by atoms with Gasteiger partial charge in [0, 0.05) is 18.2 Å². The Morgan fingerprint density at radius 1 is 1.33 bits per heavy atom. The molecule has 1 aromatic carbocycles. The molecule has 0 bridgehead atoms. The average molecular weight is 253 g/mol. The molecule has 1 aromatic rings. The van der Waals surface area contributed by atoms with Gasteiger partial charge in [-0.25, -0.2) is 8.78 Å². The van der Waals surface area contributed by atoms with Crippen molar-refractivity contribution in [2.75, 3.05) is 6.54 Å². The van der Waals surface area contributed by atoms with Crippen LogP contribution in [0.4, 0.5) is 8.78 Å². The molecule has 1 aliphatic rings. The van der Waals surface area contributed by atoms with E-state index in [9.17, 15) is 8.78 Å². The van der Waals surface area contributed by atoms with Gasteiger partial charge in [-0.3, -0.25) is 0 Å². The molecule has 2 rings (SSSR count). The maximum atomic E-state index is 13.6. The van der Waals surface area contributed by atoms with Gasteiger partial charge in [-0.05, 0) is 49.8 Å². The average Bonchev–Trinajstić information content (AvgIpc) is 3.10. The van der Waals surface area contributed by atoms with E-state index in [4.69, 9.17) is 0 Å². The lowest BCUT2D eigenvalue weighted by molar-refractivity contribution is 0.392. The van der Waals surface area contributed by atoms with Gasteiger partial charge in [-0.15, -0.1) is 0 Å². The van der Waals surface area contributed by atoms with Gasteiger partial charge in [-0.1, -0.05) is 13.3 Å². The lowest BCUT2D eigenvalue weighted by Crippen LogP contribution is -2.27. The summed E-state index contributed by atoms with van der Waals surface area (Å²) in [5.74, 6) is -0.716. The summed E-state index contributed by atoms with van der Waals surface area (Å²) in [6, 6.07) is 3.49. The van der Waals surface area contributed by atoms with Crippen LogP contribution in [0.15, 0.2) is 18.2 Å². The lowest BCUT2D eigenvalue weighted by Gasteiger charge is -2.20. The van der Waals surface area contributed by atoms with Crippen molar-refractivity contribution in [3.8, 4) is 0 Å². The van der Waals surface area contributed by atoms with E-state index in [-0.39, 0.29) is 17.7 Å². The molecule has 1 nitrogen and oxygen atoms in total. The molecule has 0 radical (unpaired) electrons. The highest BCUT2D eigenvalue weighted by Crippen LogP contribution is 2.49. The standard InChI is InChI=1S/C15H21F2N/c1-3-6-15(7-8-15)10-18-11(2)13-9-12(16)4-5-14(13)17/h4-5,9,11,18H,3,6-8,10H2,1-2H3. The summed E-state index contributed by atoms with van der Waals surface area (Å²) in [6.45, 7) is 4.98. The first-order chi connectivity index (χ1) is 8.56. The molecule has 3 heteroatoms. The molecule has 0 saturated heterocycles. The fraction of sp³-hybridized carbons (Fsp3) is 0.600. The van der Waals surface area contributed by atoms with Crippen molar-refractivity contribution in [2.24, 2.45) is 5.41 Å². The molecule has 0 amide bonds. The quantitative estimate of drug-likeness (QED) is 0.801. The minimum absolute atomic E-state index is 0.143. The topological polar surface area (TPSA) is 12.0 Å². The summed E-state index contributed by atoms with van der Waals surface area (Å²) in [5, 5.41) is 3.35. The van der Waals surface area contributed by atoms with Crippen LogP contribution in [0.3, 0.4) is 0 Å². The van der Waals surface area contributed by atoms with E-state index in [2.05, 4.69) is 12.2 Å². The van der Waals surface area contributed by atoms with E-state index >= 15 is 0 Å². The van der Waals surface area contributed by atoms with Gasteiger partial charge in [-0.2, -0.15) is 0 Å². The van der Waals surface area contributed by atoms with Gasteiger partial charge >= 0.3 is 0 Å². The molecule has 1 atom stereocenters. The number of nitrogens with one attached hydrogen (secondary N) is 1. The van der Waals surface area contributed by atoms with Crippen molar-refractivity contribution >= 4 is 0 Å². The predicted octanol–water partition coefficient (Wildman–Crippen LogP) is 4.20. The molecule has 0 spiro atoms. The summed E-state index contributed by atoms with van der Waals surface area (Å²) in [4.78, 5) is 0. The Hall–Kier alpha value is -0.960. The second kappa shape index (κ2) is 5.35. The van der Waals surface area contributed by atoms with E-state index in [1.165, 1.54) is 37.8 Å². The molecule has 1 unspecified atom stereocenters. The number of rotatable bonds is 6. The third-order valence-corrected chi connectivity index (χ3v) is 3.95. The van der Waals surface area contributed by atoms with Crippen LogP contribution in [0.2, 0.25) is 0 Å². The minimum atomic E-state index is -0.380. The highest BCUT2D eigenvalue weighted by molar-refractivity contribution is 5.22. The van der Waals surface area contributed by atoms with Crippen molar-refractivity contribution in [1.82, 2.24) is 5.32 Å². The first-order valence-corrected chi connectivity index (χ1v) is 6.75. The Morgan fingerprint density at radius 3 is 2.67 bits per heavy atom. The zero-order valence-corrected chi connectivity index (χ0v) is 11.1. The van der Waals surface area contributed by atoms with Crippen LogP contribution in [0.1, 0.15) is 51.1 Å². The Kier molecular flexibility index (Phi) is 4.00. The summed E-state index contributed by atoms with van der Waals surface area (Å²) in [6.07, 6.45) is 4.92. The SMILES string of the molecule is CCCC1(CNC(C)c2cc(F)ccc2F)CC1. The van der Waals surface area contributed by atoms with Gasteiger partial charge in [0.1, 0.15) is 11.6 Å². The van der Waals surface area contributed by atoms with E-state index < -0.39 is 0 Å². The van der Waals surface area contributed by atoms with E-state index in [1.807, 2.05) is 6.92 Å². The summed E-state index contributed by atoms with van der Waals surface area (Å²) in [7, 11) is 0. The van der Waals surface area contributed by atoms with Crippen LogP contribution in [0.5, 0.6) is 0 Å². The summed E-state index contributed by atoms with van der Waals surface area (Å²) < 4.78 is 26.7. The van der Waals surface area contributed by atoms with Crippen LogP contribution < -0.4 is 5.32 Å². The molecule has 0 aromatic heterocycles. The zero-order valence-electron chi connectivity index (χ0n) is 11.1. The molecule has 1 saturated carbocycles. The minimum Gasteiger partial charge on any atom is -0.310 e. The van der Waals surface area contributed by atoms with Crippen LogP contribution in [-0.4, -0.2) is 6.54 Å². The number of halogens is 2. The Morgan fingerprint density at radius 2 is 2.06 bits per heavy atom. The van der Waals surface area contributed by atoms with E-state index in [0.717, 1.165) is 12.6 Å². The highest BCUT2D eigenvalue weighted by Gasteiger charge is 2.41. The second-order valence-corrected chi connectivity index (χ2v) is 5.52. The highest BCUT2D eigenvalue weighted by atomic mass is 19.1. The van der Waals surface area contributed by atoms with Gasteiger partial charge in [0.2, 0.25) is 0 Å².